The van der Waals surface area contributed by atoms with Crippen molar-refractivity contribution in [2.24, 2.45) is 5.92 Å². The Morgan fingerprint density at radius 3 is 2.19 bits per heavy atom. The summed E-state index contributed by atoms with van der Waals surface area (Å²) in [5.41, 5.74) is 4.18. The molecule has 1 N–H and O–H groups in total. The van der Waals surface area contributed by atoms with Crippen LogP contribution in [-0.4, -0.2) is 54.3 Å². The lowest BCUT2D eigenvalue weighted by Crippen LogP contribution is -2.43. The topological polar surface area (TPSA) is 52.7 Å². The van der Waals surface area contributed by atoms with E-state index >= 15 is 0 Å². The zero-order valence-electron chi connectivity index (χ0n) is 17.1. The molecule has 144 valence electrons. The van der Waals surface area contributed by atoms with Gasteiger partial charge in [0.2, 0.25) is 11.8 Å². The summed E-state index contributed by atoms with van der Waals surface area (Å²) in [5, 5.41) is 3.00. The van der Waals surface area contributed by atoms with Crippen molar-refractivity contribution in [3.8, 4) is 0 Å². The number of nitrogens with zero attached hydrogens (tertiary/aromatic N) is 2. The molecule has 5 nitrogen and oxygen atoms in total. The quantitative estimate of drug-likeness (QED) is 0.776. The number of hydrogen-bond donors (Lipinski definition) is 1. The number of carbonyl (C=O) groups excluding carboxylic acids is 2. The SMILES string of the molecule is Cc1cc(C)c(NC(=O)CN(C)CC(=O)N(CC(C)C)C2CC2)c(C)c1. The third kappa shape index (κ3) is 5.84. The summed E-state index contributed by atoms with van der Waals surface area (Å²) in [6.07, 6.45) is 2.21. The van der Waals surface area contributed by atoms with Crippen LogP contribution in [0, 0.1) is 26.7 Å². The van der Waals surface area contributed by atoms with Crippen molar-refractivity contribution >= 4 is 17.5 Å². The molecule has 1 aromatic carbocycles. The van der Waals surface area contributed by atoms with Gasteiger partial charge in [-0.3, -0.25) is 14.5 Å². The maximum Gasteiger partial charge on any atom is 0.238 e. The Hall–Kier alpha value is -1.88. The number of hydrogen-bond acceptors (Lipinski definition) is 3. The third-order valence-corrected chi connectivity index (χ3v) is 4.63. The van der Waals surface area contributed by atoms with Gasteiger partial charge in [-0.05, 0) is 57.7 Å². The molecule has 2 amide bonds. The average molecular weight is 360 g/mol. The summed E-state index contributed by atoms with van der Waals surface area (Å²) in [6.45, 7) is 11.6. The number of rotatable bonds is 8. The second kappa shape index (κ2) is 8.67. The second-order valence-electron chi connectivity index (χ2n) is 8.17. The summed E-state index contributed by atoms with van der Waals surface area (Å²) in [4.78, 5) is 28.8. The van der Waals surface area contributed by atoms with Gasteiger partial charge in [-0.1, -0.05) is 31.5 Å². The molecule has 1 aliphatic rings. The normalized spacial score (nSPS) is 14.0. The van der Waals surface area contributed by atoms with Gasteiger partial charge < -0.3 is 10.2 Å². The van der Waals surface area contributed by atoms with E-state index in [1.54, 1.807) is 4.90 Å². The summed E-state index contributed by atoms with van der Waals surface area (Å²) in [5.74, 6) is 0.497. The van der Waals surface area contributed by atoms with Crippen molar-refractivity contribution in [2.45, 2.75) is 53.5 Å². The maximum atomic E-state index is 12.6. The molecule has 0 spiro atoms. The molecule has 5 heteroatoms. The fourth-order valence-corrected chi connectivity index (χ4v) is 3.41. The van der Waals surface area contributed by atoms with Gasteiger partial charge in [-0.25, -0.2) is 0 Å². The van der Waals surface area contributed by atoms with Crippen LogP contribution in [-0.2, 0) is 9.59 Å². The van der Waals surface area contributed by atoms with E-state index in [9.17, 15) is 9.59 Å². The fraction of sp³-hybridized carbons (Fsp3) is 0.619. The number of anilines is 1. The summed E-state index contributed by atoms with van der Waals surface area (Å²) in [7, 11) is 1.83. The van der Waals surface area contributed by atoms with E-state index in [0.717, 1.165) is 36.2 Å². The molecule has 0 unspecified atom stereocenters. The summed E-state index contributed by atoms with van der Waals surface area (Å²) >= 11 is 0. The minimum absolute atomic E-state index is 0.0859. The van der Waals surface area contributed by atoms with E-state index in [-0.39, 0.29) is 24.9 Å². The van der Waals surface area contributed by atoms with E-state index in [2.05, 4.69) is 31.3 Å². The Morgan fingerprint density at radius 2 is 1.69 bits per heavy atom. The summed E-state index contributed by atoms with van der Waals surface area (Å²) < 4.78 is 0. The number of amides is 2. The molecule has 0 saturated heterocycles. The molecule has 0 bridgehead atoms. The first kappa shape index (κ1) is 20.4. The van der Waals surface area contributed by atoms with Gasteiger partial charge >= 0.3 is 0 Å². The number of likely N-dealkylation sites (N-methyl/N-ethyl adjacent to an activating group) is 1. The van der Waals surface area contributed by atoms with Gasteiger partial charge in [0.05, 0.1) is 13.1 Å². The van der Waals surface area contributed by atoms with Crippen LogP contribution < -0.4 is 5.32 Å². The van der Waals surface area contributed by atoms with Gasteiger partial charge in [0, 0.05) is 18.3 Å². The molecule has 26 heavy (non-hydrogen) atoms. The monoisotopic (exact) mass is 359 g/mol. The lowest BCUT2D eigenvalue weighted by atomic mass is 10.1. The smallest absolute Gasteiger partial charge is 0.238 e. The lowest BCUT2D eigenvalue weighted by Gasteiger charge is -2.27. The number of nitrogens with one attached hydrogen (secondary N) is 1. The fourth-order valence-electron chi connectivity index (χ4n) is 3.41. The van der Waals surface area contributed by atoms with Crippen LogP contribution in [0.25, 0.3) is 0 Å². The Morgan fingerprint density at radius 1 is 1.12 bits per heavy atom. The highest BCUT2D eigenvalue weighted by Gasteiger charge is 2.33. The minimum Gasteiger partial charge on any atom is -0.338 e. The molecule has 2 rings (SSSR count). The van der Waals surface area contributed by atoms with E-state index in [1.807, 2.05) is 32.7 Å². The largest absolute Gasteiger partial charge is 0.338 e. The molecule has 0 aliphatic heterocycles. The van der Waals surface area contributed by atoms with Crippen LogP contribution in [0.2, 0.25) is 0 Å². The standard InChI is InChI=1S/C21H33N3O2/c1-14(2)11-24(18-7-8-18)20(26)13-23(6)12-19(25)22-21-16(4)9-15(3)10-17(21)5/h9-10,14,18H,7-8,11-13H2,1-6H3,(H,22,25). The van der Waals surface area contributed by atoms with E-state index in [1.165, 1.54) is 5.56 Å². The maximum absolute atomic E-state index is 12.6. The minimum atomic E-state index is -0.0859. The van der Waals surface area contributed by atoms with Crippen LogP contribution in [0.3, 0.4) is 0 Å². The first-order valence-corrected chi connectivity index (χ1v) is 9.53. The highest BCUT2D eigenvalue weighted by Crippen LogP contribution is 2.27. The number of aryl methyl sites for hydroxylation is 3. The van der Waals surface area contributed by atoms with Crippen molar-refractivity contribution in [3.63, 3.8) is 0 Å². The van der Waals surface area contributed by atoms with Gasteiger partial charge in [0.25, 0.3) is 0 Å². The van der Waals surface area contributed by atoms with Crippen LogP contribution in [0.15, 0.2) is 12.1 Å². The molecule has 1 fully saturated rings. The number of carbonyl (C=O) groups is 2. The zero-order chi connectivity index (χ0) is 19.4. The zero-order valence-corrected chi connectivity index (χ0v) is 17.1. The number of benzene rings is 1. The Labute approximate surface area is 157 Å². The van der Waals surface area contributed by atoms with Crippen molar-refractivity contribution < 1.29 is 9.59 Å². The highest BCUT2D eigenvalue weighted by molar-refractivity contribution is 5.94. The van der Waals surface area contributed by atoms with Crippen molar-refractivity contribution in [2.75, 3.05) is 32.0 Å². The molecule has 0 aromatic heterocycles. The predicted octanol–water partition coefficient (Wildman–Crippen LogP) is 3.13. The molecule has 1 saturated carbocycles. The molecule has 0 atom stereocenters. The van der Waals surface area contributed by atoms with Gasteiger partial charge in [-0.15, -0.1) is 0 Å². The summed E-state index contributed by atoms with van der Waals surface area (Å²) in [6, 6.07) is 4.54. The van der Waals surface area contributed by atoms with Crippen LogP contribution >= 0.6 is 0 Å². The van der Waals surface area contributed by atoms with Crippen molar-refractivity contribution in [1.29, 1.82) is 0 Å². The van der Waals surface area contributed by atoms with Crippen LogP contribution in [0.1, 0.15) is 43.4 Å². The Kier molecular flexibility index (Phi) is 6.81. The van der Waals surface area contributed by atoms with Crippen molar-refractivity contribution in [3.05, 3.63) is 28.8 Å². The van der Waals surface area contributed by atoms with Crippen LogP contribution in [0.4, 0.5) is 5.69 Å². The highest BCUT2D eigenvalue weighted by atomic mass is 16.2. The van der Waals surface area contributed by atoms with Crippen LogP contribution in [0.5, 0.6) is 0 Å². The van der Waals surface area contributed by atoms with E-state index in [0.29, 0.717) is 12.0 Å². The van der Waals surface area contributed by atoms with Gasteiger partial charge in [0.15, 0.2) is 0 Å². The lowest BCUT2D eigenvalue weighted by molar-refractivity contribution is -0.133. The molecule has 1 aromatic rings. The van der Waals surface area contributed by atoms with E-state index in [4.69, 9.17) is 0 Å². The molecule has 0 radical (unpaired) electrons. The predicted molar refractivity (Wildman–Crippen MR) is 106 cm³/mol. The average Bonchev–Trinajstić information content (AvgIpc) is 3.32. The van der Waals surface area contributed by atoms with Gasteiger partial charge in [0.1, 0.15) is 0 Å². The Balaban J connectivity index is 1.89. The van der Waals surface area contributed by atoms with Crippen molar-refractivity contribution in [1.82, 2.24) is 9.80 Å². The second-order valence-corrected chi connectivity index (χ2v) is 8.17. The molecule has 0 heterocycles. The molecular formula is C21H33N3O2. The van der Waals surface area contributed by atoms with Gasteiger partial charge in [-0.2, -0.15) is 0 Å². The first-order valence-electron chi connectivity index (χ1n) is 9.53. The first-order chi connectivity index (χ1) is 12.2. The molecule has 1 aliphatic carbocycles. The Bertz CT molecular complexity index is 642. The molecular weight excluding hydrogens is 326 g/mol. The third-order valence-electron chi connectivity index (χ3n) is 4.63. The van der Waals surface area contributed by atoms with E-state index < -0.39 is 0 Å².